The molecule has 0 aliphatic rings. The zero-order valence-electron chi connectivity index (χ0n) is 12.4. The van der Waals surface area contributed by atoms with Crippen molar-refractivity contribution in [3.63, 3.8) is 0 Å². The molecule has 1 rings (SSSR count). The minimum atomic E-state index is 0.113. The molecule has 0 N–H and O–H groups in total. The SMILES string of the molecule is CCc1nn(CC)c(CC(=O)CCOCCOC)c1Cl. The van der Waals surface area contributed by atoms with E-state index in [9.17, 15) is 4.79 Å². The maximum atomic E-state index is 12.0. The van der Waals surface area contributed by atoms with E-state index in [2.05, 4.69) is 5.10 Å². The van der Waals surface area contributed by atoms with E-state index in [1.807, 2.05) is 18.5 Å². The van der Waals surface area contributed by atoms with Crippen molar-refractivity contribution >= 4 is 17.4 Å². The Morgan fingerprint density at radius 3 is 2.65 bits per heavy atom. The molecule has 0 aliphatic carbocycles. The minimum Gasteiger partial charge on any atom is -0.382 e. The Balaban J connectivity index is 2.51. The Labute approximate surface area is 125 Å². The number of rotatable bonds is 10. The zero-order chi connectivity index (χ0) is 15.0. The fourth-order valence-electron chi connectivity index (χ4n) is 1.89. The molecular formula is C14H23ClN2O3. The lowest BCUT2D eigenvalue weighted by molar-refractivity contribution is -0.119. The second kappa shape index (κ2) is 9.10. The van der Waals surface area contributed by atoms with Gasteiger partial charge < -0.3 is 9.47 Å². The van der Waals surface area contributed by atoms with E-state index in [4.69, 9.17) is 21.1 Å². The second-order valence-corrected chi connectivity index (χ2v) is 4.83. The van der Waals surface area contributed by atoms with Crippen LogP contribution in [-0.4, -0.2) is 42.5 Å². The number of hydrogen-bond donors (Lipinski definition) is 0. The van der Waals surface area contributed by atoms with Crippen LogP contribution < -0.4 is 0 Å². The average molecular weight is 303 g/mol. The summed E-state index contributed by atoms with van der Waals surface area (Å²) < 4.78 is 12.0. The van der Waals surface area contributed by atoms with Gasteiger partial charge in [0.25, 0.3) is 0 Å². The largest absolute Gasteiger partial charge is 0.382 e. The summed E-state index contributed by atoms with van der Waals surface area (Å²) in [6.45, 7) is 6.18. The van der Waals surface area contributed by atoms with Crippen molar-refractivity contribution in [1.29, 1.82) is 0 Å². The maximum absolute atomic E-state index is 12.0. The molecule has 0 saturated heterocycles. The first-order valence-electron chi connectivity index (χ1n) is 6.96. The number of carbonyl (C=O) groups is 1. The number of nitrogens with zero attached hydrogens (tertiary/aromatic N) is 2. The second-order valence-electron chi connectivity index (χ2n) is 4.45. The molecule has 0 amide bonds. The lowest BCUT2D eigenvalue weighted by Crippen LogP contribution is -2.13. The summed E-state index contributed by atoms with van der Waals surface area (Å²) in [5.74, 6) is 0.113. The van der Waals surface area contributed by atoms with Crippen LogP contribution in [-0.2, 0) is 33.7 Å². The van der Waals surface area contributed by atoms with Crippen molar-refractivity contribution in [3.8, 4) is 0 Å². The summed E-state index contributed by atoms with van der Waals surface area (Å²) >= 11 is 6.27. The van der Waals surface area contributed by atoms with E-state index in [-0.39, 0.29) is 5.78 Å². The average Bonchev–Trinajstić information content (AvgIpc) is 2.75. The predicted octanol–water partition coefficient (Wildman–Crippen LogP) is 2.28. The summed E-state index contributed by atoms with van der Waals surface area (Å²) in [7, 11) is 1.62. The molecule has 0 atom stereocenters. The number of aromatic nitrogens is 2. The quantitative estimate of drug-likeness (QED) is 0.622. The van der Waals surface area contributed by atoms with Crippen molar-refractivity contribution in [2.24, 2.45) is 0 Å². The van der Waals surface area contributed by atoms with Gasteiger partial charge in [0.05, 0.1) is 36.2 Å². The summed E-state index contributed by atoms with van der Waals surface area (Å²) in [5.41, 5.74) is 1.67. The molecule has 0 aliphatic heterocycles. The Hall–Kier alpha value is -0.910. The molecule has 0 bridgehead atoms. The third-order valence-corrected chi connectivity index (χ3v) is 3.45. The third-order valence-electron chi connectivity index (χ3n) is 3.02. The standard InChI is InChI=1S/C14H23ClN2O3/c1-4-12-14(15)13(17(5-2)16-12)10-11(18)6-7-20-9-8-19-3/h4-10H2,1-3H3. The van der Waals surface area contributed by atoms with Crippen molar-refractivity contribution < 1.29 is 14.3 Å². The van der Waals surface area contributed by atoms with Gasteiger partial charge in [-0.05, 0) is 13.3 Å². The normalized spacial score (nSPS) is 11.0. The summed E-state index contributed by atoms with van der Waals surface area (Å²) in [6.07, 6.45) is 1.47. The highest BCUT2D eigenvalue weighted by Crippen LogP contribution is 2.22. The van der Waals surface area contributed by atoms with Crippen LogP contribution in [0.2, 0.25) is 5.02 Å². The zero-order valence-corrected chi connectivity index (χ0v) is 13.2. The molecule has 114 valence electrons. The first-order chi connectivity index (χ1) is 9.63. The molecule has 0 fully saturated rings. The smallest absolute Gasteiger partial charge is 0.141 e. The van der Waals surface area contributed by atoms with Gasteiger partial charge in [-0.3, -0.25) is 9.48 Å². The lowest BCUT2D eigenvalue weighted by atomic mass is 10.1. The van der Waals surface area contributed by atoms with Crippen LogP contribution in [0.1, 0.15) is 31.7 Å². The van der Waals surface area contributed by atoms with Gasteiger partial charge in [0, 0.05) is 26.5 Å². The number of carbonyl (C=O) groups excluding carboxylic acids is 1. The Morgan fingerprint density at radius 1 is 1.30 bits per heavy atom. The molecule has 0 radical (unpaired) electrons. The summed E-state index contributed by atoms with van der Waals surface area (Å²) in [4.78, 5) is 12.0. The number of hydrogen-bond acceptors (Lipinski definition) is 4. The van der Waals surface area contributed by atoms with Gasteiger partial charge in [-0.25, -0.2) is 0 Å². The van der Waals surface area contributed by atoms with E-state index in [0.717, 1.165) is 17.8 Å². The molecule has 0 aromatic carbocycles. The fraction of sp³-hybridized carbons (Fsp3) is 0.714. The Bertz CT molecular complexity index is 432. The third kappa shape index (κ3) is 4.89. The number of halogens is 1. The molecule has 0 saturated carbocycles. The first-order valence-corrected chi connectivity index (χ1v) is 7.34. The van der Waals surface area contributed by atoms with Gasteiger partial charge in [0.2, 0.25) is 0 Å². The van der Waals surface area contributed by atoms with E-state index < -0.39 is 0 Å². The number of aryl methyl sites for hydroxylation is 2. The molecule has 0 unspecified atom stereocenters. The number of ether oxygens (including phenoxy) is 2. The number of ketones is 1. The molecule has 1 aromatic heterocycles. The Morgan fingerprint density at radius 2 is 2.05 bits per heavy atom. The molecule has 1 aromatic rings. The van der Waals surface area contributed by atoms with Gasteiger partial charge in [-0.1, -0.05) is 18.5 Å². The topological polar surface area (TPSA) is 53.4 Å². The van der Waals surface area contributed by atoms with Gasteiger partial charge in [0.15, 0.2) is 0 Å². The van der Waals surface area contributed by atoms with Crippen LogP contribution in [0, 0.1) is 0 Å². The van der Waals surface area contributed by atoms with Gasteiger partial charge >= 0.3 is 0 Å². The van der Waals surface area contributed by atoms with Crippen LogP contribution in [0.25, 0.3) is 0 Å². The predicted molar refractivity (Wildman–Crippen MR) is 78.3 cm³/mol. The van der Waals surface area contributed by atoms with Crippen LogP contribution in [0.3, 0.4) is 0 Å². The molecular weight excluding hydrogens is 280 g/mol. The van der Waals surface area contributed by atoms with Crippen LogP contribution in [0.15, 0.2) is 0 Å². The van der Waals surface area contributed by atoms with E-state index in [1.165, 1.54) is 0 Å². The highest BCUT2D eigenvalue weighted by molar-refractivity contribution is 6.32. The highest BCUT2D eigenvalue weighted by Gasteiger charge is 2.17. The molecule has 20 heavy (non-hydrogen) atoms. The van der Waals surface area contributed by atoms with Crippen LogP contribution in [0.5, 0.6) is 0 Å². The minimum absolute atomic E-state index is 0.113. The maximum Gasteiger partial charge on any atom is 0.141 e. The highest BCUT2D eigenvalue weighted by atomic mass is 35.5. The molecule has 5 nitrogen and oxygen atoms in total. The van der Waals surface area contributed by atoms with Gasteiger partial charge in [-0.15, -0.1) is 0 Å². The number of Topliss-reactive ketones (excluding diaryl/α,β-unsaturated/α-hetero) is 1. The van der Waals surface area contributed by atoms with E-state index >= 15 is 0 Å². The fourth-order valence-corrected chi connectivity index (χ4v) is 2.23. The van der Waals surface area contributed by atoms with Gasteiger partial charge in [0.1, 0.15) is 5.78 Å². The van der Waals surface area contributed by atoms with E-state index in [0.29, 0.717) is 44.2 Å². The number of methoxy groups -OCH3 is 1. The monoisotopic (exact) mass is 302 g/mol. The van der Waals surface area contributed by atoms with E-state index in [1.54, 1.807) is 7.11 Å². The summed E-state index contributed by atoms with van der Waals surface area (Å²) in [5, 5.41) is 5.03. The van der Waals surface area contributed by atoms with Crippen LogP contribution >= 0.6 is 11.6 Å². The van der Waals surface area contributed by atoms with Crippen molar-refractivity contribution in [2.45, 2.75) is 39.7 Å². The Kier molecular flexibility index (Phi) is 7.80. The van der Waals surface area contributed by atoms with Crippen molar-refractivity contribution in [3.05, 3.63) is 16.4 Å². The molecule has 6 heteroatoms. The first kappa shape index (κ1) is 17.1. The lowest BCUT2D eigenvalue weighted by Gasteiger charge is -2.06. The molecule has 0 spiro atoms. The van der Waals surface area contributed by atoms with Crippen molar-refractivity contribution in [1.82, 2.24) is 9.78 Å². The summed E-state index contributed by atoms with van der Waals surface area (Å²) in [6, 6.07) is 0. The van der Waals surface area contributed by atoms with Gasteiger partial charge in [-0.2, -0.15) is 5.10 Å². The van der Waals surface area contributed by atoms with Crippen LogP contribution in [0.4, 0.5) is 0 Å². The van der Waals surface area contributed by atoms with Crippen molar-refractivity contribution in [2.75, 3.05) is 26.9 Å². The molecule has 1 heterocycles.